The lowest BCUT2D eigenvalue weighted by Gasteiger charge is -2.29. The van der Waals surface area contributed by atoms with Crippen molar-refractivity contribution in [2.24, 2.45) is 0 Å². The molecule has 2 amide bonds. The Morgan fingerprint density at radius 3 is 2.41 bits per heavy atom. The van der Waals surface area contributed by atoms with Gasteiger partial charge in [0, 0.05) is 0 Å². The second-order valence-corrected chi connectivity index (χ2v) is 7.39. The molecule has 4 rings (SSSR count). The Bertz CT molecular complexity index is 1190. The summed E-state index contributed by atoms with van der Waals surface area (Å²) in [5, 5.41) is 2.62. The molecule has 1 aliphatic rings. The fourth-order valence-electron chi connectivity index (χ4n) is 3.22. The highest BCUT2D eigenvalue weighted by Gasteiger charge is 2.34. The molecular formula is C25H20N2O4S. The van der Waals surface area contributed by atoms with Crippen LogP contribution in [0.15, 0.2) is 84.4 Å². The van der Waals surface area contributed by atoms with Crippen molar-refractivity contribution < 1.29 is 19.1 Å². The molecule has 1 fully saturated rings. The number of ether oxygens (including phenoxy) is 2. The van der Waals surface area contributed by atoms with Gasteiger partial charge in [0.15, 0.2) is 5.11 Å². The lowest BCUT2D eigenvalue weighted by molar-refractivity contribution is -0.122. The SMILES string of the molecule is COc1ccc(N2C(=O)/C(=C\c3cccc(OCc4ccccc4)c3)C(=O)NC2=S)cc1. The molecule has 1 aliphatic heterocycles. The van der Waals surface area contributed by atoms with E-state index in [-0.39, 0.29) is 10.7 Å². The minimum absolute atomic E-state index is 0.0189. The first-order chi connectivity index (χ1) is 15.5. The highest BCUT2D eigenvalue weighted by atomic mass is 32.1. The maximum absolute atomic E-state index is 13.1. The monoisotopic (exact) mass is 444 g/mol. The number of methoxy groups -OCH3 is 1. The van der Waals surface area contributed by atoms with Crippen LogP contribution in [-0.2, 0) is 16.2 Å². The summed E-state index contributed by atoms with van der Waals surface area (Å²) in [7, 11) is 1.56. The van der Waals surface area contributed by atoms with E-state index in [9.17, 15) is 9.59 Å². The minimum Gasteiger partial charge on any atom is -0.497 e. The molecule has 0 radical (unpaired) electrons. The van der Waals surface area contributed by atoms with Gasteiger partial charge in [-0.2, -0.15) is 0 Å². The summed E-state index contributed by atoms with van der Waals surface area (Å²) in [6, 6.07) is 23.9. The lowest BCUT2D eigenvalue weighted by Crippen LogP contribution is -2.54. The summed E-state index contributed by atoms with van der Waals surface area (Å²) in [4.78, 5) is 27.0. The number of carbonyl (C=O) groups is 2. The van der Waals surface area contributed by atoms with Gasteiger partial charge in [-0.1, -0.05) is 42.5 Å². The van der Waals surface area contributed by atoms with Crippen molar-refractivity contribution in [1.29, 1.82) is 0 Å². The van der Waals surface area contributed by atoms with Crippen molar-refractivity contribution in [1.82, 2.24) is 5.32 Å². The van der Waals surface area contributed by atoms with Crippen LogP contribution < -0.4 is 19.7 Å². The van der Waals surface area contributed by atoms with Crippen LogP contribution in [0.1, 0.15) is 11.1 Å². The molecule has 1 saturated heterocycles. The normalized spacial score (nSPS) is 15.0. The molecule has 1 heterocycles. The van der Waals surface area contributed by atoms with Gasteiger partial charge in [0.05, 0.1) is 12.8 Å². The number of rotatable bonds is 6. The van der Waals surface area contributed by atoms with Gasteiger partial charge in [0.2, 0.25) is 0 Å². The average molecular weight is 445 g/mol. The Kier molecular flexibility index (Phi) is 6.28. The number of hydrogen-bond donors (Lipinski definition) is 1. The summed E-state index contributed by atoms with van der Waals surface area (Å²) in [6.45, 7) is 0.416. The van der Waals surface area contributed by atoms with E-state index in [2.05, 4.69) is 5.32 Å². The van der Waals surface area contributed by atoms with Crippen LogP contribution >= 0.6 is 12.2 Å². The number of amides is 2. The molecule has 3 aromatic rings. The lowest BCUT2D eigenvalue weighted by atomic mass is 10.1. The number of nitrogens with zero attached hydrogens (tertiary/aromatic N) is 1. The second kappa shape index (κ2) is 9.45. The largest absolute Gasteiger partial charge is 0.497 e. The van der Waals surface area contributed by atoms with Gasteiger partial charge < -0.3 is 9.47 Å². The van der Waals surface area contributed by atoms with Gasteiger partial charge >= 0.3 is 0 Å². The van der Waals surface area contributed by atoms with Crippen LogP contribution in [0.4, 0.5) is 5.69 Å². The van der Waals surface area contributed by atoms with Crippen LogP contribution in [0.5, 0.6) is 11.5 Å². The molecular weight excluding hydrogens is 424 g/mol. The van der Waals surface area contributed by atoms with E-state index in [1.54, 1.807) is 43.5 Å². The molecule has 32 heavy (non-hydrogen) atoms. The van der Waals surface area contributed by atoms with Crippen molar-refractivity contribution in [3.05, 3.63) is 95.6 Å². The second-order valence-electron chi connectivity index (χ2n) is 7.00. The van der Waals surface area contributed by atoms with E-state index in [0.717, 1.165) is 5.56 Å². The standard InChI is InChI=1S/C25H20N2O4S/c1-30-20-12-10-19(11-13-20)27-24(29)22(23(28)26-25(27)32)15-18-8-5-9-21(14-18)31-16-17-6-3-2-4-7-17/h2-15H,16H2,1H3,(H,26,28,32)/b22-15-. The summed E-state index contributed by atoms with van der Waals surface area (Å²) < 4.78 is 11.0. The summed E-state index contributed by atoms with van der Waals surface area (Å²) in [5.41, 5.74) is 2.22. The van der Waals surface area contributed by atoms with E-state index in [4.69, 9.17) is 21.7 Å². The third-order valence-electron chi connectivity index (χ3n) is 4.85. The first kappa shape index (κ1) is 21.3. The van der Waals surface area contributed by atoms with Crippen LogP contribution in [0, 0.1) is 0 Å². The number of nitrogens with one attached hydrogen (secondary N) is 1. The number of carbonyl (C=O) groups excluding carboxylic acids is 2. The van der Waals surface area contributed by atoms with Crippen molar-refractivity contribution in [2.75, 3.05) is 12.0 Å². The van der Waals surface area contributed by atoms with Gasteiger partial charge in [-0.05, 0) is 65.8 Å². The third-order valence-corrected chi connectivity index (χ3v) is 5.13. The highest BCUT2D eigenvalue weighted by Crippen LogP contribution is 2.25. The molecule has 0 bridgehead atoms. The molecule has 0 aromatic heterocycles. The average Bonchev–Trinajstić information content (AvgIpc) is 2.82. The maximum Gasteiger partial charge on any atom is 0.270 e. The first-order valence-corrected chi connectivity index (χ1v) is 10.3. The molecule has 0 spiro atoms. The molecule has 0 saturated carbocycles. The van der Waals surface area contributed by atoms with Crippen molar-refractivity contribution in [2.45, 2.75) is 6.61 Å². The number of anilines is 1. The molecule has 7 heteroatoms. The van der Waals surface area contributed by atoms with Crippen LogP contribution in [0.2, 0.25) is 0 Å². The summed E-state index contributed by atoms with van der Waals surface area (Å²) in [5.74, 6) is 0.241. The predicted molar refractivity (Wildman–Crippen MR) is 126 cm³/mol. The van der Waals surface area contributed by atoms with Crippen LogP contribution in [0.3, 0.4) is 0 Å². The fourth-order valence-corrected chi connectivity index (χ4v) is 3.51. The highest BCUT2D eigenvalue weighted by molar-refractivity contribution is 7.80. The van der Waals surface area contributed by atoms with Crippen molar-refractivity contribution >= 4 is 40.9 Å². The predicted octanol–water partition coefficient (Wildman–Crippen LogP) is 4.11. The van der Waals surface area contributed by atoms with Gasteiger partial charge in [-0.25, -0.2) is 0 Å². The van der Waals surface area contributed by atoms with Gasteiger partial charge in [0.1, 0.15) is 23.7 Å². The van der Waals surface area contributed by atoms with Gasteiger partial charge in [-0.15, -0.1) is 0 Å². The maximum atomic E-state index is 13.1. The van der Waals surface area contributed by atoms with Crippen molar-refractivity contribution in [3.63, 3.8) is 0 Å². The zero-order valence-electron chi connectivity index (χ0n) is 17.3. The zero-order valence-corrected chi connectivity index (χ0v) is 18.1. The van der Waals surface area contributed by atoms with E-state index in [0.29, 0.717) is 29.4 Å². The minimum atomic E-state index is -0.541. The summed E-state index contributed by atoms with van der Waals surface area (Å²) >= 11 is 5.24. The Labute approximate surface area is 191 Å². The van der Waals surface area contributed by atoms with E-state index >= 15 is 0 Å². The van der Waals surface area contributed by atoms with Crippen molar-refractivity contribution in [3.8, 4) is 11.5 Å². The number of thiocarbonyl (C=S) groups is 1. The molecule has 6 nitrogen and oxygen atoms in total. The Morgan fingerprint density at radius 2 is 1.69 bits per heavy atom. The summed E-state index contributed by atoms with van der Waals surface area (Å²) in [6.07, 6.45) is 1.53. The molecule has 160 valence electrons. The quantitative estimate of drug-likeness (QED) is 0.352. The van der Waals surface area contributed by atoms with Crippen LogP contribution in [0.25, 0.3) is 6.08 Å². The number of hydrogen-bond acceptors (Lipinski definition) is 5. The van der Waals surface area contributed by atoms with Gasteiger partial charge in [-0.3, -0.25) is 19.8 Å². The third kappa shape index (κ3) is 4.68. The first-order valence-electron chi connectivity index (χ1n) is 9.87. The topological polar surface area (TPSA) is 67.9 Å². The molecule has 3 aromatic carbocycles. The van der Waals surface area contributed by atoms with Crippen LogP contribution in [-0.4, -0.2) is 24.0 Å². The fraction of sp³-hybridized carbons (Fsp3) is 0.0800. The van der Waals surface area contributed by atoms with E-state index in [1.165, 1.54) is 11.0 Å². The van der Waals surface area contributed by atoms with E-state index < -0.39 is 11.8 Å². The Morgan fingerprint density at radius 1 is 0.938 bits per heavy atom. The number of benzene rings is 3. The molecule has 1 N–H and O–H groups in total. The molecule has 0 atom stereocenters. The molecule has 0 unspecified atom stereocenters. The van der Waals surface area contributed by atoms with E-state index in [1.807, 2.05) is 42.5 Å². The molecule has 0 aliphatic carbocycles. The Balaban J connectivity index is 1.57. The Hall–Kier alpha value is -3.97. The zero-order chi connectivity index (χ0) is 22.5. The van der Waals surface area contributed by atoms with Gasteiger partial charge in [0.25, 0.3) is 11.8 Å². The smallest absolute Gasteiger partial charge is 0.270 e.